The number of hydrogen-bond donors (Lipinski definition) is 2. The lowest BCUT2D eigenvalue weighted by Crippen LogP contribution is -2.52. The first-order valence-corrected chi connectivity index (χ1v) is 6.22. The van der Waals surface area contributed by atoms with Gasteiger partial charge in [-0.3, -0.25) is 4.79 Å². The molecule has 0 radical (unpaired) electrons. The maximum Gasteiger partial charge on any atom is 0.314 e. The van der Waals surface area contributed by atoms with Crippen molar-refractivity contribution in [3.8, 4) is 0 Å². The molecule has 0 aliphatic carbocycles. The van der Waals surface area contributed by atoms with Gasteiger partial charge in [0.1, 0.15) is 0 Å². The number of amides is 3. The first-order chi connectivity index (χ1) is 8.18. The van der Waals surface area contributed by atoms with E-state index in [4.69, 9.17) is 5.73 Å². The van der Waals surface area contributed by atoms with Crippen LogP contribution in [0, 0.1) is 5.92 Å². The molecule has 1 atom stereocenters. The SMILES string of the molecule is NC(=O)N1CCCC(C(=O)N2CCNCC2)C1. The molecule has 2 heterocycles. The van der Waals surface area contributed by atoms with Gasteiger partial charge in [0, 0.05) is 39.3 Å². The summed E-state index contributed by atoms with van der Waals surface area (Å²) in [5.41, 5.74) is 5.26. The van der Waals surface area contributed by atoms with Gasteiger partial charge >= 0.3 is 6.03 Å². The average molecular weight is 240 g/mol. The van der Waals surface area contributed by atoms with Crippen molar-refractivity contribution in [2.24, 2.45) is 11.7 Å². The Labute approximate surface area is 101 Å². The number of nitrogens with one attached hydrogen (secondary N) is 1. The smallest absolute Gasteiger partial charge is 0.314 e. The zero-order valence-electron chi connectivity index (χ0n) is 10.0. The standard InChI is InChI=1S/C11H20N4O2/c12-11(17)15-5-1-2-9(8-15)10(16)14-6-3-13-4-7-14/h9,13H,1-8H2,(H2,12,17). The number of hydrogen-bond acceptors (Lipinski definition) is 3. The highest BCUT2D eigenvalue weighted by atomic mass is 16.2. The highest BCUT2D eigenvalue weighted by Gasteiger charge is 2.30. The number of rotatable bonds is 1. The summed E-state index contributed by atoms with van der Waals surface area (Å²) in [7, 11) is 0. The fourth-order valence-corrected chi connectivity index (χ4v) is 2.52. The second kappa shape index (κ2) is 5.35. The third kappa shape index (κ3) is 2.88. The average Bonchev–Trinajstić information content (AvgIpc) is 2.39. The van der Waals surface area contributed by atoms with Crippen LogP contribution in [-0.2, 0) is 4.79 Å². The van der Waals surface area contributed by atoms with E-state index in [1.54, 1.807) is 4.90 Å². The molecule has 2 rings (SSSR count). The Morgan fingerprint density at radius 2 is 1.82 bits per heavy atom. The Hall–Kier alpha value is -1.30. The number of piperidine rings is 1. The Morgan fingerprint density at radius 1 is 1.12 bits per heavy atom. The van der Waals surface area contributed by atoms with Gasteiger partial charge in [-0.05, 0) is 12.8 Å². The molecule has 0 aromatic rings. The molecule has 2 aliphatic heterocycles. The summed E-state index contributed by atoms with van der Waals surface area (Å²) in [4.78, 5) is 26.8. The molecule has 0 spiro atoms. The second-order valence-corrected chi connectivity index (χ2v) is 4.70. The van der Waals surface area contributed by atoms with E-state index < -0.39 is 6.03 Å². The molecular formula is C11H20N4O2. The van der Waals surface area contributed by atoms with Gasteiger partial charge in [-0.25, -0.2) is 4.79 Å². The molecule has 3 N–H and O–H groups in total. The van der Waals surface area contributed by atoms with Crippen LogP contribution in [0.25, 0.3) is 0 Å². The van der Waals surface area contributed by atoms with Crippen molar-refractivity contribution in [2.75, 3.05) is 39.3 Å². The Bertz CT molecular complexity index is 302. The maximum atomic E-state index is 12.2. The van der Waals surface area contributed by atoms with Crippen molar-refractivity contribution < 1.29 is 9.59 Å². The van der Waals surface area contributed by atoms with E-state index in [0.717, 1.165) is 39.0 Å². The van der Waals surface area contributed by atoms with Crippen molar-refractivity contribution >= 4 is 11.9 Å². The van der Waals surface area contributed by atoms with Gasteiger partial charge in [0.25, 0.3) is 0 Å². The fraction of sp³-hybridized carbons (Fsp3) is 0.818. The van der Waals surface area contributed by atoms with E-state index in [9.17, 15) is 9.59 Å². The predicted molar refractivity (Wildman–Crippen MR) is 63.3 cm³/mol. The Kier molecular flexibility index (Phi) is 3.83. The third-order valence-electron chi connectivity index (χ3n) is 3.51. The molecule has 0 saturated carbocycles. The number of likely N-dealkylation sites (tertiary alicyclic amines) is 1. The summed E-state index contributed by atoms with van der Waals surface area (Å²) in [6, 6.07) is -0.414. The van der Waals surface area contributed by atoms with Crippen molar-refractivity contribution in [1.29, 1.82) is 0 Å². The van der Waals surface area contributed by atoms with Gasteiger partial charge < -0.3 is 20.9 Å². The molecule has 2 fully saturated rings. The molecular weight excluding hydrogens is 220 g/mol. The topological polar surface area (TPSA) is 78.7 Å². The van der Waals surface area contributed by atoms with Gasteiger partial charge in [0.05, 0.1) is 5.92 Å². The van der Waals surface area contributed by atoms with Crippen molar-refractivity contribution in [1.82, 2.24) is 15.1 Å². The lowest BCUT2D eigenvalue weighted by atomic mass is 9.96. The largest absolute Gasteiger partial charge is 0.351 e. The van der Waals surface area contributed by atoms with Crippen LogP contribution in [0.2, 0.25) is 0 Å². The lowest BCUT2D eigenvalue weighted by Gasteiger charge is -2.35. The normalized spacial score (nSPS) is 25.8. The highest BCUT2D eigenvalue weighted by molar-refractivity contribution is 5.80. The first kappa shape index (κ1) is 12.2. The minimum atomic E-state index is -0.414. The maximum absolute atomic E-state index is 12.2. The first-order valence-electron chi connectivity index (χ1n) is 6.22. The molecule has 0 bridgehead atoms. The molecule has 6 nitrogen and oxygen atoms in total. The zero-order chi connectivity index (χ0) is 12.3. The molecule has 1 unspecified atom stereocenters. The van der Waals surface area contributed by atoms with Crippen LogP contribution in [0.4, 0.5) is 4.79 Å². The van der Waals surface area contributed by atoms with E-state index >= 15 is 0 Å². The molecule has 2 saturated heterocycles. The lowest BCUT2D eigenvalue weighted by molar-refractivity contribution is -0.137. The Balaban J connectivity index is 1.91. The second-order valence-electron chi connectivity index (χ2n) is 4.70. The minimum Gasteiger partial charge on any atom is -0.351 e. The quantitative estimate of drug-likeness (QED) is 0.630. The molecule has 17 heavy (non-hydrogen) atoms. The van der Waals surface area contributed by atoms with Gasteiger partial charge in [-0.2, -0.15) is 0 Å². The number of nitrogens with zero attached hydrogens (tertiary/aromatic N) is 2. The molecule has 0 aromatic carbocycles. The summed E-state index contributed by atoms with van der Waals surface area (Å²) < 4.78 is 0. The Morgan fingerprint density at radius 3 is 2.47 bits per heavy atom. The van der Waals surface area contributed by atoms with Crippen LogP contribution in [0.1, 0.15) is 12.8 Å². The van der Waals surface area contributed by atoms with E-state index in [0.29, 0.717) is 13.1 Å². The van der Waals surface area contributed by atoms with Crippen molar-refractivity contribution in [3.63, 3.8) is 0 Å². The predicted octanol–water partition coefficient (Wildman–Crippen LogP) is -0.791. The number of nitrogens with two attached hydrogens (primary N) is 1. The summed E-state index contributed by atoms with van der Waals surface area (Å²) in [5.74, 6) is 0.117. The van der Waals surface area contributed by atoms with Crippen LogP contribution in [-0.4, -0.2) is 61.0 Å². The molecule has 3 amide bonds. The monoisotopic (exact) mass is 240 g/mol. The van der Waals surface area contributed by atoms with E-state index in [1.165, 1.54) is 0 Å². The van der Waals surface area contributed by atoms with Gasteiger partial charge in [-0.15, -0.1) is 0 Å². The van der Waals surface area contributed by atoms with Crippen LogP contribution in [0.15, 0.2) is 0 Å². The number of carbonyl (C=O) groups excluding carboxylic acids is 2. The van der Waals surface area contributed by atoms with Gasteiger partial charge in [0.2, 0.25) is 5.91 Å². The summed E-state index contributed by atoms with van der Waals surface area (Å²) >= 11 is 0. The molecule has 2 aliphatic rings. The van der Waals surface area contributed by atoms with Crippen LogP contribution in [0.5, 0.6) is 0 Å². The fourth-order valence-electron chi connectivity index (χ4n) is 2.52. The van der Waals surface area contributed by atoms with Gasteiger partial charge in [-0.1, -0.05) is 0 Å². The summed E-state index contributed by atoms with van der Waals surface area (Å²) in [5, 5.41) is 3.22. The number of primary amides is 1. The van der Waals surface area contributed by atoms with Gasteiger partial charge in [0.15, 0.2) is 0 Å². The molecule has 96 valence electrons. The van der Waals surface area contributed by atoms with Crippen LogP contribution >= 0.6 is 0 Å². The third-order valence-corrected chi connectivity index (χ3v) is 3.51. The molecule has 0 aromatic heterocycles. The number of carbonyl (C=O) groups is 2. The van der Waals surface area contributed by atoms with Crippen molar-refractivity contribution in [2.45, 2.75) is 12.8 Å². The highest BCUT2D eigenvalue weighted by Crippen LogP contribution is 2.18. The minimum absolute atomic E-state index is 0.0608. The number of piperazine rings is 1. The van der Waals surface area contributed by atoms with Crippen LogP contribution in [0.3, 0.4) is 0 Å². The summed E-state index contributed by atoms with van der Waals surface area (Å²) in [6.07, 6.45) is 1.73. The molecule has 6 heteroatoms. The van der Waals surface area contributed by atoms with E-state index in [2.05, 4.69) is 5.32 Å². The van der Waals surface area contributed by atoms with Crippen LogP contribution < -0.4 is 11.1 Å². The van der Waals surface area contributed by atoms with E-state index in [-0.39, 0.29) is 11.8 Å². The van der Waals surface area contributed by atoms with E-state index in [1.807, 2.05) is 4.90 Å². The van der Waals surface area contributed by atoms with Crippen molar-refractivity contribution in [3.05, 3.63) is 0 Å². The summed E-state index contributed by atoms with van der Waals surface area (Å²) in [6.45, 7) is 4.42. The number of urea groups is 1. The zero-order valence-corrected chi connectivity index (χ0v) is 10.0.